The first-order chi connectivity index (χ1) is 13.2. The van der Waals surface area contributed by atoms with E-state index in [2.05, 4.69) is 4.98 Å². The number of imidazole rings is 1. The van der Waals surface area contributed by atoms with Gasteiger partial charge >= 0.3 is 6.18 Å². The van der Waals surface area contributed by atoms with Crippen LogP contribution in [-0.4, -0.2) is 45.5 Å². The minimum Gasteiger partial charge on any atom is -0.372 e. The molecule has 28 heavy (non-hydrogen) atoms. The van der Waals surface area contributed by atoms with Crippen molar-refractivity contribution in [3.63, 3.8) is 0 Å². The number of aromatic nitrogens is 2. The van der Waals surface area contributed by atoms with E-state index >= 15 is 0 Å². The molecule has 4 rings (SSSR count). The zero-order chi connectivity index (χ0) is 20.1. The van der Waals surface area contributed by atoms with Crippen molar-refractivity contribution in [2.75, 3.05) is 13.1 Å². The summed E-state index contributed by atoms with van der Waals surface area (Å²) in [4.78, 5) is 19.7. The van der Waals surface area contributed by atoms with Gasteiger partial charge in [-0.25, -0.2) is 4.98 Å². The van der Waals surface area contributed by atoms with Gasteiger partial charge in [0.2, 0.25) is 0 Å². The highest BCUT2D eigenvalue weighted by Crippen LogP contribution is 2.32. The SMILES string of the molecule is C[C@@H]1CN(C(=O)c2csc3nc(-c4cccc(C(F)(F)F)c4)cn23)C[C@H](C)O1. The van der Waals surface area contributed by atoms with Crippen LogP contribution in [0.15, 0.2) is 35.8 Å². The predicted octanol–water partition coefficient (Wildman–Crippen LogP) is 4.33. The number of halogens is 3. The molecule has 3 aromatic rings. The standard InChI is InChI=1S/C19H18F3N3O2S/c1-11-7-24(8-12(2)27-11)17(26)16-10-28-18-23-15(9-25(16)18)13-4-3-5-14(6-13)19(20,21)22/h3-6,9-12H,7-8H2,1-2H3/t11-,12+. The average molecular weight is 409 g/mol. The van der Waals surface area contributed by atoms with E-state index in [1.165, 1.54) is 17.4 Å². The third-order valence-corrected chi connectivity index (χ3v) is 5.46. The molecule has 9 heteroatoms. The van der Waals surface area contributed by atoms with Gasteiger partial charge in [-0.3, -0.25) is 9.20 Å². The van der Waals surface area contributed by atoms with Crippen molar-refractivity contribution in [1.82, 2.24) is 14.3 Å². The van der Waals surface area contributed by atoms with Gasteiger partial charge in [0.1, 0.15) is 5.69 Å². The van der Waals surface area contributed by atoms with Gasteiger partial charge in [0.05, 0.1) is 23.5 Å². The van der Waals surface area contributed by atoms with E-state index in [0.717, 1.165) is 12.1 Å². The number of carbonyl (C=O) groups excluding carboxylic acids is 1. The van der Waals surface area contributed by atoms with Crippen LogP contribution in [-0.2, 0) is 10.9 Å². The van der Waals surface area contributed by atoms with Crippen molar-refractivity contribution in [2.24, 2.45) is 0 Å². The maximum atomic E-state index is 13.0. The van der Waals surface area contributed by atoms with Gasteiger partial charge in [0.25, 0.3) is 5.91 Å². The Morgan fingerprint density at radius 2 is 1.96 bits per heavy atom. The number of fused-ring (bicyclic) bond motifs is 1. The molecule has 3 heterocycles. The van der Waals surface area contributed by atoms with Crippen LogP contribution in [0.1, 0.15) is 29.9 Å². The summed E-state index contributed by atoms with van der Waals surface area (Å²) in [6.45, 7) is 4.83. The molecule has 148 valence electrons. The van der Waals surface area contributed by atoms with Crippen molar-refractivity contribution in [3.8, 4) is 11.3 Å². The van der Waals surface area contributed by atoms with Crippen molar-refractivity contribution < 1.29 is 22.7 Å². The normalized spacial score (nSPS) is 20.7. The second kappa shape index (κ2) is 6.89. The van der Waals surface area contributed by atoms with Crippen LogP contribution in [0.5, 0.6) is 0 Å². The molecule has 0 radical (unpaired) electrons. The maximum absolute atomic E-state index is 13.0. The van der Waals surface area contributed by atoms with Crippen molar-refractivity contribution in [3.05, 3.63) is 47.1 Å². The lowest BCUT2D eigenvalue weighted by Crippen LogP contribution is -2.48. The lowest BCUT2D eigenvalue weighted by atomic mass is 10.1. The van der Waals surface area contributed by atoms with E-state index in [-0.39, 0.29) is 18.1 Å². The van der Waals surface area contributed by atoms with Gasteiger partial charge in [0, 0.05) is 30.2 Å². The first kappa shape index (κ1) is 18.9. The van der Waals surface area contributed by atoms with Crippen LogP contribution in [0.4, 0.5) is 13.2 Å². The van der Waals surface area contributed by atoms with E-state index in [1.54, 1.807) is 26.9 Å². The summed E-state index contributed by atoms with van der Waals surface area (Å²) in [7, 11) is 0. The lowest BCUT2D eigenvalue weighted by molar-refractivity contribution is -0.137. The Bertz CT molecular complexity index is 1020. The molecule has 1 fully saturated rings. The summed E-state index contributed by atoms with van der Waals surface area (Å²) < 4.78 is 46.3. The molecule has 1 amide bonds. The fourth-order valence-corrected chi connectivity index (χ4v) is 4.28. The third kappa shape index (κ3) is 3.51. The molecular formula is C19H18F3N3O2S. The first-order valence-corrected chi connectivity index (χ1v) is 9.69. The molecule has 0 saturated carbocycles. The minimum absolute atomic E-state index is 0.0507. The smallest absolute Gasteiger partial charge is 0.372 e. The van der Waals surface area contributed by atoms with Crippen LogP contribution in [0.3, 0.4) is 0 Å². The second-order valence-corrected chi connectivity index (χ2v) is 7.78. The number of morpholine rings is 1. The van der Waals surface area contributed by atoms with Crippen LogP contribution in [0.25, 0.3) is 16.2 Å². The summed E-state index contributed by atoms with van der Waals surface area (Å²) in [5.41, 5.74) is 0.481. The molecule has 0 spiro atoms. The molecule has 0 bridgehead atoms. The zero-order valence-electron chi connectivity index (χ0n) is 15.2. The van der Waals surface area contributed by atoms with Gasteiger partial charge in [-0.1, -0.05) is 12.1 Å². The third-order valence-electron chi connectivity index (χ3n) is 4.62. The van der Waals surface area contributed by atoms with Gasteiger partial charge in [-0.05, 0) is 26.0 Å². The number of carbonyl (C=O) groups is 1. The molecule has 2 aromatic heterocycles. The molecule has 2 atom stereocenters. The number of nitrogens with zero attached hydrogens (tertiary/aromatic N) is 3. The molecule has 1 aromatic carbocycles. The number of hydrogen-bond acceptors (Lipinski definition) is 4. The Morgan fingerprint density at radius 3 is 2.64 bits per heavy atom. The zero-order valence-corrected chi connectivity index (χ0v) is 16.0. The Hall–Kier alpha value is -2.39. The number of thiazole rings is 1. The van der Waals surface area contributed by atoms with Crippen molar-refractivity contribution >= 4 is 22.2 Å². The predicted molar refractivity (Wildman–Crippen MR) is 99.4 cm³/mol. The number of hydrogen-bond donors (Lipinski definition) is 0. The summed E-state index contributed by atoms with van der Waals surface area (Å²) in [6, 6.07) is 5.03. The fourth-order valence-electron chi connectivity index (χ4n) is 3.44. The summed E-state index contributed by atoms with van der Waals surface area (Å²) in [5, 5.41) is 1.73. The van der Waals surface area contributed by atoms with E-state index in [4.69, 9.17) is 4.74 Å². The largest absolute Gasteiger partial charge is 0.416 e. The molecule has 5 nitrogen and oxygen atoms in total. The fraction of sp³-hybridized carbons (Fsp3) is 0.368. The average Bonchev–Trinajstić information content (AvgIpc) is 3.20. The van der Waals surface area contributed by atoms with Gasteiger partial charge in [0.15, 0.2) is 4.96 Å². The van der Waals surface area contributed by atoms with Gasteiger partial charge in [-0.2, -0.15) is 13.2 Å². The number of amides is 1. The highest BCUT2D eigenvalue weighted by atomic mass is 32.1. The van der Waals surface area contributed by atoms with Crippen molar-refractivity contribution in [2.45, 2.75) is 32.2 Å². The Balaban J connectivity index is 1.67. The van der Waals surface area contributed by atoms with Crippen LogP contribution >= 0.6 is 11.3 Å². The van der Waals surface area contributed by atoms with E-state index in [9.17, 15) is 18.0 Å². The molecule has 1 aliphatic heterocycles. The maximum Gasteiger partial charge on any atom is 0.416 e. The molecule has 0 aliphatic carbocycles. The molecule has 1 aliphatic rings. The van der Waals surface area contributed by atoms with E-state index in [0.29, 0.717) is 35.0 Å². The highest BCUT2D eigenvalue weighted by molar-refractivity contribution is 7.15. The summed E-state index contributed by atoms with van der Waals surface area (Å²) in [5.74, 6) is -0.138. The molecule has 0 unspecified atom stereocenters. The van der Waals surface area contributed by atoms with Gasteiger partial charge < -0.3 is 9.64 Å². The number of rotatable bonds is 2. The molecular weight excluding hydrogens is 391 g/mol. The quantitative estimate of drug-likeness (QED) is 0.633. The van der Waals surface area contributed by atoms with Crippen LogP contribution in [0.2, 0.25) is 0 Å². The first-order valence-electron chi connectivity index (χ1n) is 8.81. The van der Waals surface area contributed by atoms with Crippen LogP contribution < -0.4 is 0 Å². The Morgan fingerprint density at radius 1 is 1.25 bits per heavy atom. The number of alkyl halides is 3. The highest BCUT2D eigenvalue weighted by Gasteiger charge is 2.31. The molecule has 1 saturated heterocycles. The monoisotopic (exact) mass is 409 g/mol. The minimum atomic E-state index is -4.42. The lowest BCUT2D eigenvalue weighted by Gasteiger charge is -2.35. The molecule has 0 N–H and O–H groups in total. The number of benzene rings is 1. The Labute approximate surface area is 163 Å². The topological polar surface area (TPSA) is 46.8 Å². The Kier molecular flexibility index (Phi) is 4.67. The summed E-state index contributed by atoms with van der Waals surface area (Å²) in [6.07, 6.45) is -2.91. The van der Waals surface area contributed by atoms with Crippen molar-refractivity contribution in [1.29, 1.82) is 0 Å². The summed E-state index contributed by atoms with van der Waals surface area (Å²) >= 11 is 1.28. The second-order valence-electron chi connectivity index (χ2n) is 6.95. The van der Waals surface area contributed by atoms with E-state index in [1.807, 2.05) is 13.8 Å². The van der Waals surface area contributed by atoms with E-state index < -0.39 is 11.7 Å². The number of ether oxygens (including phenoxy) is 1. The van der Waals surface area contributed by atoms with Gasteiger partial charge in [-0.15, -0.1) is 11.3 Å². The van der Waals surface area contributed by atoms with Crippen LogP contribution in [0, 0.1) is 0 Å².